The van der Waals surface area contributed by atoms with Crippen molar-refractivity contribution in [2.75, 3.05) is 17.7 Å². The molecule has 1 amide bonds. The van der Waals surface area contributed by atoms with Gasteiger partial charge in [-0.1, -0.05) is 40.9 Å². The molecule has 2 aromatic carbocycles. The molecule has 0 aliphatic carbocycles. The van der Waals surface area contributed by atoms with Gasteiger partial charge < -0.3 is 15.4 Å². The summed E-state index contributed by atoms with van der Waals surface area (Å²) in [6, 6.07) is 9.74. The Morgan fingerprint density at radius 1 is 1.13 bits per heavy atom. The summed E-state index contributed by atoms with van der Waals surface area (Å²) in [7, 11) is 1.54. The van der Waals surface area contributed by atoms with Crippen molar-refractivity contribution < 1.29 is 9.53 Å². The highest BCUT2D eigenvalue weighted by Gasteiger charge is 2.15. The van der Waals surface area contributed by atoms with Crippen LogP contribution < -0.4 is 15.4 Å². The summed E-state index contributed by atoms with van der Waals surface area (Å²) in [6.45, 7) is 1.73. The Morgan fingerprint density at radius 2 is 1.87 bits per heavy atom. The maximum Gasteiger partial charge on any atom is 0.246 e. The lowest BCUT2D eigenvalue weighted by molar-refractivity contribution is -0.116. The van der Waals surface area contributed by atoms with E-state index in [1.54, 1.807) is 50.4 Å². The van der Waals surface area contributed by atoms with Gasteiger partial charge in [-0.15, -0.1) is 0 Å². The molecular formula is C16H15Cl3N2O2. The quantitative estimate of drug-likeness (QED) is 0.767. The number of benzene rings is 2. The minimum Gasteiger partial charge on any atom is -0.495 e. The Kier molecular flexibility index (Phi) is 5.99. The maximum atomic E-state index is 12.3. The van der Waals surface area contributed by atoms with Gasteiger partial charge in [-0.2, -0.15) is 0 Å². The summed E-state index contributed by atoms with van der Waals surface area (Å²) in [5.41, 5.74) is 1.17. The molecule has 2 N–H and O–H groups in total. The smallest absolute Gasteiger partial charge is 0.246 e. The summed E-state index contributed by atoms with van der Waals surface area (Å²) in [4.78, 5) is 12.3. The Hall–Kier alpha value is -1.62. The third-order valence-electron chi connectivity index (χ3n) is 3.14. The first-order valence-electron chi connectivity index (χ1n) is 6.77. The number of anilines is 2. The molecule has 122 valence electrons. The minimum absolute atomic E-state index is 0.249. The first-order chi connectivity index (χ1) is 10.9. The zero-order valence-corrected chi connectivity index (χ0v) is 14.8. The molecule has 0 heterocycles. The number of hydrogen-bond acceptors (Lipinski definition) is 3. The summed E-state index contributed by atoms with van der Waals surface area (Å²) < 4.78 is 5.09. The Bertz CT molecular complexity index is 722. The average Bonchev–Trinajstić information content (AvgIpc) is 2.52. The predicted octanol–water partition coefficient (Wildman–Crippen LogP) is 5.09. The van der Waals surface area contributed by atoms with E-state index in [1.807, 2.05) is 0 Å². The molecule has 4 nitrogen and oxygen atoms in total. The van der Waals surface area contributed by atoms with E-state index >= 15 is 0 Å². The second-order valence-corrected chi connectivity index (χ2v) is 6.00. The van der Waals surface area contributed by atoms with Gasteiger partial charge in [0.2, 0.25) is 5.91 Å². The fourth-order valence-corrected chi connectivity index (χ4v) is 2.52. The molecule has 23 heavy (non-hydrogen) atoms. The number of hydrogen-bond donors (Lipinski definition) is 2. The third kappa shape index (κ3) is 4.44. The van der Waals surface area contributed by atoms with E-state index in [2.05, 4.69) is 10.6 Å². The highest BCUT2D eigenvalue weighted by atomic mass is 35.5. The number of rotatable bonds is 5. The molecule has 7 heteroatoms. The minimum atomic E-state index is -0.505. The number of methoxy groups -OCH3 is 1. The molecule has 0 spiro atoms. The number of carbonyl (C=O) groups excluding carboxylic acids is 1. The summed E-state index contributed by atoms with van der Waals surface area (Å²) in [5, 5.41) is 6.94. The fraction of sp³-hybridized carbons (Fsp3) is 0.188. The molecule has 0 aliphatic heterocycles. The van der Waals surface area contributed by atoms with Crippen LogP contribution >= 0.6 is 34.8 Å². The Balaban J connectivity index is 2.05. The van der Waals surface area contributed by atoms with Crippen LogP contribution in [0.1, 0.15) is 6.92 Å². The van der Waals surface area contributed by atoms with E-state index in [9.17, 15) is 4.79 Å². The van der Waals surface area contributed by atoms with Crippen LogP contribution in [0.3, 0.4) is 0 Å². The molecule has 0 aliphatic rings. The summed E-state index contributed by atoms with van der Waals surface area (Å²) in [5.74, 6) is 0.320. The van der Waals surface area contributed by atoms with Crippen LogP contribution in [-0.2, 0) is 4.79 Å². The number of amides is 1. The molecule has 2 aromatic rings. The van der Waals surface area contributed by atoms with E-state index < -0.39 is 6.04 Å². The second kappa shape index (κ2) is 7.77. The van der Waals surface area contributed by atoms with Crippen molar-refractivity contribution in [1.29, 1.82) is 0 Å². The molecule has 0 saturated heterocycles. The fourth-order valence-electron chi connectivity index (χ4n) is 1.91. The molecule has 2 rings (SSSR count). The number of ether oxygens (including phenoxy) is 1. The number of halogens is 3. The zero-order chi connectivity index (χ0) is 17.0. The van der Waals surface area contributed by atoms with Crippen LogP contribution in [0.25, 0.3) is 0 Å². The second-order valence-electron chi connectivity index (χ2n) is 4.81. The lowest BCUT2D eigenvalue weighted by Crippen LogP contribution is -2.31. The first-order valence-corrected chi connectivity index (χ1v) is 7.90. The molecule has 0 radical (unpaired) electrons. The van der Waals surface area contributed by atoms with Crippen LogP contribution in [0.15, 0.2) is 36.4 Å². The highest BCUT2D eigenvalue weighted by Crippen LogP contribution is 2.30. The molecule has 0 aromatic heterocycles. The first kappa shape index (κ1) is 17.7. The van der Waals surface area contributed by atoms with Crippen molar-refractivity contribution >= 4 is 52.1 Å². The van der Waals surface area contributed by atoms with Gasteiger partial charge >= 0.3 is 0 Å². The van der Waals surface area contributed by atoms with Gasteiger partial charge in [-0.3, -0.25) is 4.79 Å². The van der Waals surface area contributed by atoms with E-state index in [1.165, 1.54) is 0 Å². The normalized spacial score (nSPS) is 11.7. The third-order valence-corrected chi connectivity index (χ3v) is 4.25. The van der Waals surface area contributed by atoms with Crippen LogP contribution in [0, 0.1) is 0 Å². The van der Waals surface area contributed by atoms with Crippen molar-refractivity contribution in [2.45, 2.75) is 13.0 Å². The van der Waals surface area contributed by atoms with Crippen molar-refractivity contribution in [1.82, 2.24) is 0 Å². The van der Waals surface area contributed by atoms with E-state index in [0.717, 1.165) is 0 Å². The average molecular weight is 374 g/mol. The van der Waals surface area contributed by atoms with Crippen LogP contribution in [0.5, 0.6) is 5.75 Å². The van der Waals surface area contributed by atoms with Gasteiger partial charge in [0.15, 0.2) is 0 Å². The SMILES string of the molecule is COc1ccc(NC(C)C(=O)Nc2cccc(Cl)c2Cl)cc1Cl. The van der Waals surface area contributed by atoms with Gasteiger partial charge in [0.1, 0.15) is 11.8 Å². The van der Waals surface area contributed by atoms with Crippen molar-refractivity contribution in [2.24, 2.45) is 0 Å². The molecule has 0 saturated carbocycles. The molecule has 1 atom stereocenters. The van der Waals surface area contributed by atoms with Gasteiger partial charge in [0.05, 0.1) is 27.9 Å². The van der Waals surface area contributed by atoms with E-state index in [-0.39, 0.29) is 5.91 Å². The lowest BCUT2D eigenvalue weighted by Gasteiger charge is -2.17. The summed E-state index contributed by atoms with van der Waals surface area (Å²) >= 11 is 18.0. The van der Waals surface area contributed by atoms with Crippen molar-refractivity contribution in [3.63, 3.8) is 0 Å². The molecule has 1 unspecified atom stereocenters. The van der Waals surface area contributed by atoms with Gasteiger partial charge in [-0.25, -0.2) is 0 Å². The van der Waals surface area contributed by atoms with Crippen molar-refractivity contribution in [3.8, 4) is 5.75 Å². The predicted molar refractivity (Wildman–Crippen MR) is 96.2 cm³/mol. The number of nitrogens with one attached hydrogen (secondary N) is 2. The Labute approximate surface area is 149 Å². The zero-order valence-electron chi connectivity index (χ0n) is 12.5. The largest absolute Gasteiger partial charge is 0.495 e. The van der Waals surface area contributed by atoms with Crippen LogP contribution in [-0.4, -0.2) is 19.1 Å². The monoisotopic (exact) mass is 372 g/mol. The summed E-state index contributed by atoms with van der Waals surface area (Å²) in [6.07, 6.45) is 0. The Morgan fingerprint density at radius 3 is 2.52 bits per heavy atom. The van der Waals surface area contributed by atoms with Gasteiger partial charge in [0.25, 0.3) is 0 Å². The van der Waals surface area contributed by atoms with Crippen LogP contribution in [0.2, 0.25) is 15.1 Å². The van der Waals surface area contributed by atoms with Gasteiger partial charge in [0, 0.05) is 5.69 Å². The van der Waals surface area contributed by atoms with Gasteiger partial charge in [-0.05, 0) is 37.3 Å². The van der Waals surface area contributed by atoms with Crippen molar-refractivity contribution in [3.05, 3.63) is 51.5 Å². The maximum absolute atomic E-state index is 12.3. The molecular weight excluding hydrogens is 359 g/mol. The number of carbonyl (C=O) groups is 1. The highest BCUT2D eigenvalue weighted by molar-refractivity contribution is 6.44. The van der Waals surface area contributed by atoms with E-state index in [0.29, 0.717) is 32.2 Å². The standard InChI is InChI=1S/C16H15Cl3N2O2/c1-9(20-10-6-7-14(23-2)12(18)8-10)16(22)21-13-5-3-4-11(17)15(13)19/h3-9,20H,1-2H3,(H,21,22). The van der Waals surface area contributed by atoms with E-state index in [4.69, 9.17) is 39.5 Å². The topological polar surface area (TPSA) is 50.4 Å². The molecule has 0 bridgehead atoms. The lowest BCUT2D eigenvalue weighted by atomic mass is 10.2. The van der Waals surface area contributed by atoms with Crippen LogP contribution in [0.4, 0.5) is 11.4 Å². The molecule has 0 fully saturated rings.